The molecule has 9 heteroatoms. The van der Waals surface area contributed by atoms with Gasteiger partial charge in [0.2, 0.25) is 5.95 Å². The van der Waals surface area contributed by atoms with Crippen LogP contribution in [0.1, 0.15) is 24.0 Å². The van der Waals surface area contributed by atoms with Crippen LogP contribution in [0.3, 0.4) is 0 Å². The van der Waals surface area contributed by atoms with Gasteiger partial charge in [-0.05, 0) is 13.8 Å². The lowest BCUT2D eigenvalue weighted by molar-refractivity contribution is 0.427. The summed E-state index contributed by atoms with van der Waals surface area (Å²) in [6.07, 6.45) is 3.14. The number of aromatic nitrogens is 4. The molecule has 0 spiro atoms. The number of aryl methyl sites for hydroxylation is 2. The Morgan fingerprint density at radius 2 is 2.10 bits per heavy atom. The summed E-state index contributed by atoms with van der Waals surface area (Å²) in [5, 5.41) is 0.0654. The van der Waals surface area contributed by atoms with Crippen LogP contribution in [0.15, 0.2) is 17.4 Å². The zero-order valence-corrected chi connectivity index (χ0v) is 12.6. The van der Waals surface area contributed by atoms with E-state index in [1.807, 2.05) is 6.92 Å². The number of nitrogens with zero attached hydrogens (tertiary/aromatic N) is 5. The van der Waals surface area contributed by atoms with Crippen LogP contribution in [0.2, 0.25) is 0 Å². The molecule has 2 aromatic rings. The van der Waals surface area contributed by atoms with Gasteiger partial charge in [-0.1, -0.05) is 0 Å². The first-order valence-corrected chi connectivity index (χ1v) is 8.00. The molecule has 21 heavy (non-hydrogen) atoms. The molecule has 0 unspecified atom stereocenters. The van der Waals surface area contributed by atoms with Gasteiger partial charge < -0.3 is 10.3 Å². The summed E-state index contributed by atoms with van der Waals surface area (Å²) in [4.78, 5) is 12.1. The number of rotatable bonds is 3. The largest absolute Gasteiger partial charge is 0.368 e. The Bertz CT molecular complexity index is 798. The Morgan fingerprint density at radius 1 is 1.33 bits per heavy atom. The van der Waals surface area contributed by atoms with Crippen LogP contribution in [0, 0.1) is 6.92 Å². The van der Waals surface area contributed by atoms with E-state index in [1.165, 1.54) is 4.31 Å². The molecule has 3 heterocycles. The highest BCUT2D eigenvalue weighted by molar-refractivity contribution is 7.89. The molecule has 2 N–H and O–H groups in total. The molecule has 0 aliphatic carbocycles. The molecule has 0 radical (unpaired) electrons. The first-order valence-electron chi connectivity index (χ1n) is 6.56. The predicted molar refractivity (Wildman–Crippen MR) is 75.5 cm³/mol. The van der Waals surface area contributed by atoms with E-state index in [0.717, 1.165) is 5.56 Å². The molecular formula is C12H16N6O2S. The summed E-state index contributed by atoms with van der Waals surface area (Å²) in [5.41, 5.74) is 6.96. The van der Waals surface area contributed by atoms with Gasteiger partial charge in [0, 0.05) is 31.0 Å². The third-order valence-corrected chi connectivity index (χ3v) is 5.21. The third kappa shape index (κ3) is 2.28. The van der Waals surface area contributed by atoms with Crippen LogP contribution in [-0.4, -0.2) is 32.2 Å². The molecular weight excluding hydrogens is 292 g/mol. The van der Waals surface area contributed by atoms with Gasteiger partial charge in [-0.2, -0.15) is 4.31 Å². The molecule has 0 aromatic carbocycles. The van der Waals surface area contributed by atoms with Crippen molar-refractivity contribution in [1.29, 1.82) is 0 Å². The number of hydrogen-bond donors (Lipinski definition) is 1. The normalized spacial score (nSPS) is 15.3. The van der Waals surface area contributed by atoms with E-state index >= 15 is 0 Å². The van der Waals surface area contributed by atoms with Gasteiger partial charge in [0.05, 0.1) is 12.2 Å². The van der Waals surface area contributed by atoms with Crippen molar-refractivity contribution in [2.24, 2.45) is 0 Å². The molecule has 0 bridgehead atoms. The first kappa shape index (κ1) is 14.0. The number of nitrogen functional groups attached to an aromatic ring is 1. The fraction of sp³-hybridized carbons (Fsp3) is 0.417. The molecule has 3 rings (SSSR count). The lowest BCUT2D eigenvalue weighted by Crippen LogP contribution is -2.26. The third-order valence-electron chi connectivity index (χ3n) is 3.54. The molecule has 1 aliphatic rings. The minimum atomic E-state index is -3.64. The smallest absolute Gasteiger partial charge is 0.262 e. The Labute approximate surface area is 122 Å². The fourth-order valence-electron chi connectivity index (χ4n) is 2.37. The van der Waals surface area contributed by atoms with E-state index in [-0.39, 0.29) is 24.1 Å². The second-order valence-electron chi connectivity index (χ2n) is 4.89. The van der Waals surface area contributed by atoms with E-state index in [1.54, 1.807) is 23.9 Å². The first-order chi connectivity index (χ1) is 9.91. The van der Waals surface area contributed by atoms with Gasteiger partial charge >= 0.3 is 0 Å². The molecule has 0 atom stereocenters. The highest BCUT2D eigenvalue weighted by Gasteiger charge is 2.33. The van der Waals surface area contributed by atoms with Gasteiger partial charge in [0.15, 0.2) is 5.03 Å². The predicted octanol–water partition coefficient (Wildman–Crippen LogP) is 0.288. The van der Waals surface area contributed by atoms with Crippen LogP contribution in [0.5, 0.6) is 0 Å². The van der Waals surface area contributed by atoms with E-state index in [2.05, 4.69) is 15.0 Å². The maximum Gasteiger partial charge on any atom is 0.262 e. The fourth-order valence-corrected chi connectivity index (χ4v) is 3.74. The van der Waals surface area contributed by atoms with Crippen molar-refractivity contribution < 1.29 is 8.42 Å². The molecule has 112 valence electrons. The monoisotopic (exact) mass is 308 g/mol. The van der Waals surface area contributed by atoms with Crippen molar-refractivity contribution in [3.05, 3.63) is 29.5 Å². The highest BCUT2D eigenvalue weighted by Crippen LogP contribution is 2.27. The molecule has 2 aromatic heterocycles. The number of nitrogens with two attached hydrogens (primary N) is 1. The number of imidazole rings is 1. The van der Waals surface area contributed by atoms with Crippen molar-refractivity contribution in [3.8, 4) is 0 Å². The second kappa shape index (κ2) is 4.78. The molecule has 0 saturated heterocycles. The summed E-state index contributed by atoms with van der Waals surface area (Å²) in [6, 6.07) is 0. The Morgan fingerprint density at radius 3 is 2.76 bits per heavy atom. The Balaban J connectivity index is 1.94. The Hall–Kier alpha value is -2.00. The molecule has 1 aliphatic heterocycles. The highest BCUT2D eigenvalue weighted by atomic mass is 32.2. The minimum absolute atomic E-state index is 0.0654. The standard InChI is InChI=1S/C12H16N6O2S/c1-3-17-7-11(15-8(17)2)21(19,20)18-5-9-4-14-12(13)16-10(9)6-18/h4,7H,3,5-6H2,1-2H3,(H2,13,14,16). The maximum absolute atomic E-state index is 12.6. The van der Waals surface area contributed by atoms with Crippen molar-refractivity contribution in [3.63, 3.8) is 0 Å². The number of sulfonamides is 1. The molecule has 8 nitrogen and oxygen atoms in total. The SMILES string of the molecule is CCn1cc(S(=O)(=O)N2Cc3cnc(N)nc3C2)nc1C. The molecule has 0 saturated carbocycles. The summed E-state index contributed by atoms with van der Waals surface area (Å²) < 4.78 is 28.4. The van der Waals surface area contributed by atoms with Crippen LogP contribution in [0.25, 0.3) is 0 Å². The Kier molecular flexibility index (Phi) is 3.18. The summed E-state index contributed by atoms with van der Waals surface area (Å²) >= 11 is 0. The van der Waals surface area contributed by atoms with Crippen molar-refractivity contribution in [2.45, 2.75) is 38.5 Å². The van der Waals surface area contributed by atoms with Crippen molar-refractivity contribution in [1.82, 2.24) is 23.8 Å². The van der Waals surface area contributed by atoms with Gasteiger partial charge in [0.25, 0.3) is 10.0 Å². The van der Waals surface area contributed by atoms with Gasteiger partial charge in [0.1, 0.15) is 5.82 Å². The van der Waals surface area contributed by atoms with E-state index < -0.39 is 10.0 Å². The summed E-state index contributed by atoms with van der Waals surface area (Å²) in [6.45, 7) is 4.84. The zero-order valence-electron chi connectivity index (χ0n) is 11.8. The quantitative estimate of drug-likeness (QED) is 0.873. The second-order valence-corrected chi connectivity index (χ2v) is 6.77. The van der Waals surface area contributed by atoms with E-state index in [0.29, 0.717) is 18.1 Å². The maximum atomic E-state index is 12.6. The van der Waals surface area contributed by atoms with Crippen LogP contribution < -0.4 is 5.73 Å². The number of fused-ring (bicyclic) bond motifs is 1. The van der Waals surface area contributed by atoms with Gasteiger partial charge in [-0.15, -0.1) is 0 Å². The van der Waals surface area contributed by atoms with Crippen LogP contribution in [-0.2, 0) is 29.7 Å². The van der Waals surface area contributed by atoms with Crippen molar-refractivity contribution in [2.75, 3.05) is 5.73 Å². The number of anilines is 1. The summed E-state index contributed by atoms with van der Waals surface area (Å²) in [5.74, 6) is 0.830. The van der Waals surface area contributed by atoms with E-state index in [9.17, 15) is 8.42 Å². The topological polar surface area (TPSA) is 107 Å². The lowest BCUT2D eigenvalue weighted by Gasteiger charge is -2.12. The van der Waals surface area contributed by atoms with Crippen LogP contribution >= 0.6 is 0 Å². The van der Waals surface area contributed by atoms with Crippen LogP contribution in [0.4, 0.5) is 5.95 Å². The average Bonchev–Trinajstić information content (AvgIpc) is 3.02. The lowest BCUT2D eigenvalue weighted by atomic mass is 10.3. The van der Waals surface area contributed by atoms with E-state index in [4.69, 9.17) is 5.73 Å². The molecule has 0 amide bonds. The molecule has 0 fully saturated rings. The van der Waals surface area contributed by atoms with Gasteiger partial charge in [-0.25, -0.2) is 23.4 Å². The minimum Gasteiger partial charge on any atom is -0.368 e. The summed E-state index contributed by atoms with van der Waals surface area (Å²) in [7, 11) is -3.64. The average molecular weight is 308 g/mol. The number of hydrogen-bond acceptors (Lipinski definition) is 6. The van der Waals surface area contributed by atoms with Gasteiger partial charge in [-0.3, -0.25) is 0 Å². The van der Waals surface area contributed by atoms with Crippen molar-refractivity contribution >= 4 is 16.0 Å². The zero-order chi connectivity index (χ0) is 15.2.